The molecule has 0 saturated carbocycles. The number of aryl methyl sites for hydroxylation is 1. The van der Waals surface area contributed by atoms with E-state index < -0.39 is 0 Å². The number of carbonyl (C=O) groups is 1. The molecular formula is C11H15N3O. The van der Waals surface area contributed by atoms with E-state index in [0.717, 1.165) is 18.5 Å². The van der Waals surface area contributed by atoms with E-state index in [0.29, 0.717) is 12.4 Å². The fraction of sp³-hybridized carbons (Fsp3) is 0.455. The van der Waals surface area contributed by atoms with Crippen LogP contribution in [0.4, 0.5) is 5.82 Å². The maximum Gasteiger partial charge on any atom is 0.239 e. The molecule has 4 heteroatoms. The highest BCUT2D eigenvalue weighted by atomic mass is 16.2. The number of nitrogens with zero attached hydrogens (tertiary/aromatic N) is 2. The van der Waals surface area contributed by atoms with Gasteiger partial charge in [0, 0.05) is 18.3 Å². The van der Waals surface area contributed by atoms with Crippen LogP contribution in [0.15, 0.2) is 12.3 Å². The first-order valence-electron chi connectivity index (χ1n) is 5.15. The summed E-state index contributed by atoms with van der Waals surface area (Å²) >= 11 is 0. The molecule has 0 aromatic carbocycles. The topological polar surface area (TPSA) is 45.2 Å². The molecule has 1 aromatic heterocycles. The van der Waals surface area contributed by atoms with Crippen molar-refractivity contribution in [3.8, 4) is 0 Å². The fourth-order valence-electron chi connectivity index (χ4n) is 1.75. The lowest BCUT2D eigenvalue weighted by atomic mass is 10.1. The molecule has 1 N–H and O–H groups in total. The number of anilines is 1. The van der Waals surface area contributed by atoms with Crippen LogP contribution in [0.25, 0.3) is 0 Å². The molecule has 2 rings (SSSR count). The third kappa shape index (κ3) is 2.15. The number of aromatic nitrogens is 1. The van der Waals surface area contributed by atoms with Crippen LogP contribution >= 0.6 is 0 Å². The summed E-state index contributed by atoms with van der Waals surface area (Å²) in [6, 6.07) is 2.12. The second-order valence-electron chi connectivity index (χ2n) is 3.93. The summed E-state index contributed by atoms with van der Waals surface area (Å²) in [6.07, 6.45) is 2.79. The predicted molar refractivity (Wildman–Crippen MR) is 58.6 cm³/mol. The lowest BCUT2D eigenvalue weighted by molar-refractivity contribution is -0.116. The molecule has 1 aliphatic rings. The Balaban J connectivity index is 2.37. The number of hydrogen-bond acceptors (Lipinski definition) is 3. The molecule has 0 saturated heterocycles. The highest BCUT2D eigenvalue weighted by Crippen LogP contribution is 2.18. The van der Waals surface area contributed by atoms with Gasteiger partial charge in [0.25, 0.3) is 0 Å². The SMILES string of the molecule is CCc1cnc2c(c1)CN(C)CC(=O)N2. The van der Waals surface area contributed by atoms with Gasteiger partial charge in [-0.05, 0) is 25.1 Å². The van der Waals surface area contributed by atoms with Crippen molar-refractivity contribution in [2.24, 2.45) is 0 Å². The molecule has 2 heterocycles. The van der Waals surface area contributed by atoms with E-state index in [-0.39, 0.29) is 5.91 Å². The Morgan fingerprint density at radius 1 is 1.53 bits per heavy atom. The third-order valence-electron chi connectivity index (χ3n) is 2.54. The van der Waals surface area contributed by atoms with E-state index in [1.54, 1.807) is 0 Å². The zero-order valence-corrected chi connectivity index (χ0v) is 9.08. The Kier molecular flexibility index (Phi) is 2.68. The van der Waals surface area contributed by atoms with Crippen molar-refractivity contribution >= 4 is 11.7 Å². The summed E-state index contributed by atoms with van der Waals surface area (Å²) in [5.74, 6) is 0.717. The first-order chi connectivity index (χ1) is 7.19. The Morgan fingerprint density at radius 2 is 2.33 bits per heavy atom. The maximum absolute atomic E-state index is 11.4. The number of fused-ring (bicyclic) bond motifs is 1. The quantitative estimate of drug-likeness (QED) is 0.744. The Hall–Kier alpha value is -1.42. The number of pyridine rings is 1. The van der Waals surface area contributed by atoms with Crippen LogP contribution < -0.4 is 5.32 Å². The van der Waals surface area contributed by atoms with E-state index in [9.17, 15) is 4.79 Å². The number of nitrogens with one attached hydrogen (secondary N) is 1. The first-order valence-corrected chi connectivity index (χ1v) is 5.15. The molecule has 0 atom stereocenters. The van der Waals surface area contributed by atoms with E-state index in [4.69, 9.17) is 0 Å². The van der Waals surface area contributed by atoms with Gasteiger partial charge in [-0.15, -0.1) is 0 Å². The molecule has 1 aliphatic heterocycles. The van der Waals surface area contributed by atoms with Gasteiger partial charge >= 0.3 is 0 Å². The van der Waals surface area contributed by atoms with Crippen molar-refractivity contribution in [2.45, 2.75) is 19.9 Å². The van der Waals surface area contributed by atoms with E-state index in [1.165, 1.54) is 5.56 Å². The van der Waals surface area contributed by atoms with Gasteiger partial charge in [0.15, 0.2) is 0 Å². The molecule has 0 spiro atoms. The molecule has 0 fully saturated rings. The van der Waals surface area contributed by atoms with Crippen molar-refractivity contribution in [2.75, 3.05) is 18.9 Å². The Labute approximate surface area is 89.3 Å². The summed E-state index contributed by atoms with van der Waals surface area (Å²) in [7, 11) is 1.94. The zero-order valence-electron chi connectivity index (χ0n) is 9.08. The van der Waals surface area contributed by atoms with Crippen molar-refractivity contribution < 1.29 is 4.79 Å². The smallest absolute Gasteiger partial charge is 0.239 e. The molecule has 0 unspecified atom stereocenters. The molecule has 1 aromatic rings. The minimum absolute atomic E-state index is 0.00741. The average Bonchev–Trinajstić information content (AvgIpc) is 2.33. The van der Waals surface area contributed by atoms with Gasteiger partial charge in [0.1, 0.15) is 5.82 Å². The van der Waals surface area contributed by atoms with Crippen molar-refractivity contribution in [1.82, 2.24) is 9.88 Å². The largest absolute Gasteiger partial charge is 0.309 e. The first kappa shape index (κ1) is 10.1. The van der Waals surface area contributed by atoms with Gasteiger partial charge in [-0.1, -0.05) is 6.92 Å². The third-order valence-corrected chi connectivity index (χ3v) is 2.54. The average molecular weight is 205 g/mol. The zero-order chi connectivity index (χ0) is 10.8. The normalized spacial score (nSPS) is 16.8. The molecule has 15 heavy (non-hydrogen) atoms. The summed E-state index contributed by atoms with van der Waals surface area (Å²) < 4.78 is 0. The van der Waals surface area contributed by atoms with Gasteiger partial charge in [-0.25, -0.2) is 4.98 Å². The van der Waals surface area contributed by atoms with Crippen LogP contribution in [0.5, 0.6) is 0 Å². The number of hydrogen-bond donors (Lipinski definition) is 1. The molecule has 4 nitrogen and oxygen atoms in total. The highest BCUT2D eigenvalue weighted by Gasteiger charge is 2.17. The van der Waals surface area contributed by atoms with Crippen LogP contribution in [0.2, 0.25) is 0 Å². The van der Waals surface area contributed by atoms with Crippen molar-refractivity contribution in [3.05, 3.63) is 23.4 Å². The standard InChI is InChI=1S/C11H15N3O/c1-3-8-4-9-6-14(2)7-10(15)13-11(9)12-5-8/h4-5H,3,6-7H2,1-2H3,(H,12,13,15). The van der Waals surface area contributed by atoms with Crippen LogP contribution in [0.3, 0.4) is 0 Å². The maximum atomic E-state index is 11.4. The van der Waals surface area contributed by atoms with Gasteiger partial charge in [-0.3, -0.25) is 9.69 Å². The van der Waals surface area contributed by atoms with Gasteiger partial charge in [0.05, 0.1) is 6.54 Å². The number of amides is 1. The van der Waals surface area contributed by atoms with Crippen LogP contribution in [0, 0.1) is 0 Å². The van der Waals surface area contributed by atoms with Crippen molar-refractivity contribution in [1.29, 1.82) is 0 Å². The molecule has 0 aliphatic carbocycles. The van der Waals surface area contributed by atoms with E-state index in [1.807, 2.05) is 18.1 Å². The monoisotopic (exact) mass is 205 g/mol. The van der Waals surface area contributed by atoms with E-state index >= 15 is 0 Å². The fourth-order valence-corrected chi connectivity index (χ4v) is 1.75. The van der Waals surface area contributed by atoms with E-state index in [2.05, 4.69) is 23.3 Å². The number of rotatable bonds is 1. The second kappa shape index (κ2) is 3.98. The molecule has 1 amide bonds. The van der Waals surface area contributed by atoms with Crippen LogP contribution in [-0.4, -0.2) is 29.4 Å². The summed E-state index contributed by atoms with van der Waals surface area (Å²) in [5.41, 5.74) is 2.31. The Morgan fingerprint density at radius 3 is 3.07 bits per heavy atom. The predicted octanol–water partition coefficient (Wildman–Crippen LogP) is 1.03. The van der Waals surface area contributed by atoms with Gasteiger partial charge < -0.3 is 5.32 Å². The molecule has 80 valence electrons. The lowest BCUT2D eigenvalue weighted by Gasteiger charge is -2.11. The molecular weight excluding hydrogens is 190 g/mol. The van der Waals surface area contributed by atoms with Crippen LogP contribution in [-0.2, 0) is 17.8 Å². The molecule has 0 bridgehead atoms. The molecule has 0 radical (unpaired) electrons. The number of likely N-dealkylation sites (N-methyl/N-ethyl adjacent to an activating group) is 1. The van der Waals surface area contributed by atoms with Gasteiger partial charge in [-0.2, -0.15) is 0 Å². The summed E-state index contributed by atoms with van der Waals surface area (Å²) in [4.78, 5) is 17.7. The van der Waals surface area contributed by atoms with Gasteiger partial charge in [0.2, 0.25) is 5.91 Å². The summed E-state index contributed by atoms with van der Waals surface area (Å²) in [5, 5.41) is 2.81. The second-order valence-corrected chi connectivity index (χ2v) is 3.93. The number of carbonyl (C=O) groups excluding carboxylic acids is 1. The Bertz CT molecular complexity index is 389. The minimum atomic E-state index is 0.00741. The summed E-state index contributed by atoms with van der Waals surface area (Å²) in [6.45, 7) is 3.30. The lowest BCUT2D eigenvalue weighted by Crippen LogP contribution is -2.26. The highest BCUT2D eigenvalue weighted by molar-refractivity contribution is 5.92. The minimum Gasteiger partial charge on any atom is -0.309 e. The van der Waals surface area contributed by atoms with Crippen molar-refractivity contribution in [3.63, 3.8) is 0 Å². The van der Waals surface area contributed by atoms with Crippen LogP contribution in [0.1, 0.15) is 18.1 Å².